The van der Waals surface area contributed by atoms with Crippen molar-refractivity contribution >= 4 is 23.9 Å². The van der Waals surface area contributed by atoms with E-state index in [1.165, 1.54) is 13.8 Å². The summed E-state index contributed by atoms with van der Waals surface area (Å²) in [7, 11) is 0. The van der Waals surface area contributed by atoms with E-state index >= 15 is 0 Å². The van der Waals surface area contributed by atoms with Crippen molar-refractivity contribution in [3.8, 4) is 0 Å². The monoisotopic (exact) mass is 656 g/mol. The molecule has 3 aliphatic rings. The van der Waals surface area contributed by atoms with Crippen LogP contribution in [-0.4, -0.2) is 70.2 Å². The first-order valence-corrected chi connectivity index (χ1v) is 16.1. The average molecular weight is 657 g/mol. The molecular formula is C38H40O10. The second-order valence-electron chi connectivity index (χ2n) is 13.8. The first kappa shape index (κ1) is 33.4. The molecule has 3 aromatic carbocycles. The van der Waals surface area contributed by atoms with Gasteiger partial charge in [0.25, 0.3) is 0 Å². The highest BCUT2D eigenvalue weighted by Gasteiger charge is 2.84. The number of aliphatic hydroxyl groups is 1. The Morgan fingerprint density at radius 2 is 1.10 bits per heavy atom. The smallest absolute Gasteiger partial charge is 0.338 e. The van der Waals surface area contributed by atoms with Crippen molar-refractivity contribution in [2.75, 3.05) is 0 Å². The van der Waals surface area contributed by atoms with Crippen LogP contribution in [0.5, 0.6) is 0 Å². The fraction of sp³-hybridized carbons (Fsp3) is 0.421. The van der Waals surface area contributed by atoms with E-state index in [0.717, 1.165) is 0 Å². The number of carbonyl (C=O) groups is 4. The van der Waals surface area contributed by atoms with Crippen molar-refractivity contribution in [3.63, 3.8) is 0 Å². The Morgan fingerprint density at radius 1 is 0.667 bits per heavy atom. The molecule has 10 nitrogen and oxygen atoms in total. The maximum atomic E-state index is 13.8. The van der Waals surface area contributed by atoms with Crippen LogP contribution in [0.4, 0.5) is 0 Å². The lowest BCUT2D eigenvalue weighted by atomic mass is 9.47. The summed E-state index contributed by atoms with van der Waals surface area (Å²) in [6.07, 6.45) is -4.80. The topological polar surface area (TPSA) is 135 Å². The van der Waals surface area contributed by atoms with Gasteiger partial charge in [0.15, 0.2) is 6.10 Å². The van der Waals surface area contributed by atoms with Crippen LogP contribution < -0.4 is 0 Å². The minimum absolute atomic E-state index is 0.110. The number of esters is 4. The standard InChI is InChI=1S/C38H40O10/c1-23(39)44-28-22-36(4,43)38-30(46-33(41)25-17-11-7-12-18-25)27(35(2,3)48-38)21-29(45-32(40)24-15-9-6-10-16-24)37(38,5)31(28)47-34(42)26-19-13-8-14-20-26/h6-20,27-31,43H,21-22H2,1-5H3/t27-,28-,29+,30-,31+,36+,37-,38+/m1/s1. The Kier molecular flexibility index (Phi) is 8.46. The molecule has 10 heteroatoms. The second-order valence-corrected chi connectivity index (χ2v) is 13.8. The van der Waals surface area contributed by atoms with Gasteiger partial charge in [0, 0.05) is 19.3 Å². The molecule has 48 heavy (non-hydrogen) atoms. The van der Waals surface area contributed by atoms with E-state index in [1.54, 1.807) is 97.9 Å². The molecule has 252 valence electrons. The quantitative estimate of drug-likeness (QED) is 0.263. The highest BCUT2D eigenvalue weighted by molar-refractivity contribution is 5.91. The van der Waals surface area contributed by atoms with Crippen molar-refractivity contribution in [3.05, 3.63) is 108 Å². The minimum Gasteiger partial charge on any atom is -0.458 e. The second kappa shape index (κ2) is 12.2. The van der Waals surface area contributed by atoms with Crippen molar-refractivity contribution in [2.24, 2.45) is 11.3 Å². The number of ether oxygens (including phenoxy) is 5. The third-order valence-corrected chi connectivity index (χ3v) is 10.4. The lowest BCUT2D eigenvalue weighted by molar-refractivity contribution is -0.341. The Labute approximate surface area is 279 Å². The maximum absolute atomic E-state index is 13.8. The fourth-order valence-corrected chi connectivity index (χ4v) is 8.30. The minimum atomic E-state index is -1.87. The number of hydrogen-bond donors (Lipinski definition) is 1. The summed E-state index contributed by atoms with van der Waals surface area (Å²) >= 11 is 0. The van der Waals surface area contributed by atoms with Crippen molar-refractivity contribution in [1.82, 2.24) is 0 Å². The van der Waals surface area contributed by atoms with Gasteiger partial charge in [-0.2, -0.15) is 0 Å². The molecule has 6 rings (SSSR count). The molecule has 2 bridgehead atoms. The SMILES string of the molecule is CC(=O)O[C@@H]1C[C@](C)(O)[C@]23OC(C)(C)[C@H](C[C@H](OC(=O)c4ccccc4)[C@]2(C)[C@H]1OC(=O)c1ccccc1)[C@H]3OC(=O)c1ccccc1. The Morgan fingerprint density at radius 3 is 1.56 bits per heavy atom. The van der Waals surface area contributed by atoms with Gasteiger partial charge in [0.1, 0.15) is 23.9 Å². The summed E-state index contributed by atoms with van der Waals surface area (Å²) in [6.45, 7) is 8.10. The summed E-state index contributed by atoms with van der Waals surface area (Å²) in [6, 6.07) is 25.2. The summed E-state index contributed by atoms with van der Waals surface area (Å²) in [5, 5.41) is 12.6. The summed E-state index contributed by atoms with van der Waals surface area (Å²) in [5.74, 6) is -3.24. The van der Waals surface area contributed by atoms with Crippen LogP contribution >= 0.6 is 0 Å². The van der Waals surface area contributed by atoms with Gasteiger partial charge in [0.2, 0.25) is 0 Å². The van der Waals surface area contributed by atoms with Crippen LogP contribution in [0.1, 0.15) is 78.5 Å². The molecule has 2 aliphatic carbocycles. The fourth-order valence-electron chi connectivity index (χ4n) is 8.30. The molecule has 3 aromatic rings. The normalized spacial score (nSPS) is 33.1. The van der Waals surface area contributed by atoms with Crippen LogP contribution in [-0.2, 0) is 28.5 Å². The molecule has 1 N–H and O–H groups in total. The van der Waals surface area contributed by atoms with Gasteiger partial charge in [-0.05, 0) is 70.5 Å². The number of carbonyl (C=O) groups excluding carboxylic acids is 4. The summed E-state index contributed by atoms with van der Waals surface area (Å²) in [5.41, 5.74) is -5.54. The highest BCUT2D eigenvalue weighted by atomic mass is 16.6. The van der Waals surface area contributed by atoms with E-state index in [-0.39, 0.29) is 24.0 Å². The van der Waals surface area contributed by atoms with Gasteiger partial charge in [-0.3, -0.25) is 4.79 Å². The van der Waals surface area contributed by atoms with Crippen LogP contribution in [0, 0.1) is 11.3 Å². The first-order valence-electron chi connectivity index (χ1n) is 16.1. The number of benzene rings is 3. The summed E-state index contributed by atoms with van der Waals surface area (Å²) in [4.78, 5) is 53.8. The molecule has 1 aliphatic heterocycles. The predicted octanol–water partition coefficient (Wildman–Crippen LogP) is 5.32. The van der Waals surface area contributed by atoms with Crippen LogP contribution in [0.2, 0.25) is 0 Å². The third kappa shape index (κ3) is 5.37. The van der Waals surface area contributed by atoms with Crippen LogP contribution in [0.25, 0.3) is 0 Å². The number of fused-ring (bicyclic) bond motifs is 1. The maximum Gasteiger partial charge on any atom is 0.338 e. The molecule has 0 radical (unpaired) electrons. The number of rotatable bonds is 7. The van der Waals surface area contributed by atoms with Crippen molar-refractivity contribution in [1.29, 1.82) is 0 Å². The zero-order valence-corrected chi connectivity index (χ0v) is 27.6. The number of hydrogen-bond acceptors (Lipinski definition) is 10. The van der Waals surface area contributed by atoms with Gasteiger partial charge in [-0.1, -0.05) is 54.6 Å². The van der Waals surface area contributed by atoms with Gasteiger partial charge in [0.05, 0.1) is 33.3 Å². The predicted molar refractivity (Wildman–Crippen MR) is 172 cm³/mol. The van der Waals surface area contributed by atoms with Gasteiger partial charge >= 0.3 is 23.9 Å². The highest BCUT2D eigenvalue weighted by Crippen LogP contribution is 2.69. The Bertz CT molecular complexity index is 1690. The van der Waals surface area contributed by atoms with Gasteiger partial charge in [-0.15, -0.1) is 0 Å². The third-order valence-electron chi connectivity index (χ3n) is 10.4. The molecule has 0 amide bonds. The van der Waals surface area contributed by atoms with E-state index < -0.39 is 76.4 Å². The molecule has 1 spiro atoms. The van der Waals surface area contributed by atoms with Gasteiger partial charge in [-0.25, -0.2) is 14.4 Å². The first-order chi connectivity index (χ1) is 22.7. The molecular weight excluding hydrogens is 616 g/mol. The molecule has 3 fully saturated rings. The van der Waals surface area contributed by atoms with Crippen molar-refractivity contribution < 1.29 is 48.0 Å². The van der Waals surface area contributed by atoms with E-state index in [2.05, 4.69) is 0 Å². The Hall–Kier alpha value is -4.54. The van der Waals surface area contributed by atoms with Crippen LogP contribution in [0.3, 0.4) is 0 Å². The molecule has 0 unspecified atom stereocenters. The van der Waals surface area contributed by atoms with E-state index in [1.807, 2.05) is 13.8 Å². The molecule has 1 saturated heterocycles. The average Bonchev–Trinajstić information content (AvgIpc) is 3.24. The molecule has 8 atom stereocenters. The zero-order valence-electron chi connectivity index (χ0n) is 27.6. The Balaban J connectivity index is 1.54. The van der Waals surface area contributed by atoms with Gasteiger partial charge < -0.3 is 28.8 Å². The van der Waals surface area contributed by atoms with Crippen LogP contribution in [0.15, 0.2) is 91.0 Å². The molecule has 0 aromatic heterocycles. The van der Waals surface area contributed by atoms with E-state index in [9.17, 15) is 24.3 Å². The summed E-state index contributed by atoms with van der Waals surface area (Å²) < 4.78 is 31.7. The lowest BCUT2D eigenvalue weighted by Gasteiger charge is -2.65. The largest absolute Gasteiger partial charge is 0.458 e. The van der Waals surface area contributed by atoms with E-state index in [0.29, 0.717) is 5.56 Å². The van der Waals surface area contributed by atoms with Crippen molar-refractivity contribution in [2.45, 2.75) is 88.7 Å². The zero-order chi connectivity index (χ0) is 34.5. The lowest BCUT2D eigenvalue weighted by Crippen LogP contribution is -2.81. The van der Waals surface area contributed by atoms with E-state index in [4.69, 9.17) is 23.7 Å². The molecule has 1 heterocycles. The molecule has 2 saturated carbocycles.